The van der Waals surface area contributed by atoms with Crippen LogP contribution in [0.2, 0.25) is 0 Å². The molecule has 54 valence electrons. The number of methoxy groups -OCH3 is 1. The molecule has 1 atom stereocenters. The number of ketones is 1. The Hall–Kier alpha value is -0.0800. The first-order chi connectivity index (χ1) is 4.06. The van der Waals surface area contributed by atoms with E-state index in [1.807, 2.05) is 0 Å². The van der Waals surface area contributed by atoms with Crippen LogP contribution in [0.1, 0.15) is 13.8 Å². The molecule has 0 spiro atoms. The van der Waals surface area contributed by atoms with Gasteiger partial charge in [-0.15, -0.1) is 11.6 Å². The molecule has 0 aromatic heterocycles. The highest BCUT2D eigenvalue weighted by atomic mass is 35.5. The second-order valence-electron chi connectivity index (χ2n) is 2.12. The third kappa shape index (κ3) is 1.95. The molecule has 1 unspecified atom stereocenters. The van der Waals surface area contributed by atoms with Gasteiger partial charge in [-0.05, 0) is 13.8 Å². The van der Waals surface area contributed by atoms with Crippen LogP contribution in [0.5, 0.6) is 0 Å². The zero-order valence-corrected chi connectivity index (χ0v) is 6.66. The Kier molecular flexibility index (Phi) is 3.15. The monoisotopic (exact) mass is 150 g/mol. The highest BCUT2D eigenvalue weighted by Crippen LogP contribution is 2.11. The van der Waals surface area contributed by atoms with Crippen LogP contribution in [-0.4, -0.2) is 24.4 Å². The summed E-state index contributed by atoms with van der Waals surface area (Å²) >= 11 is 5.46. The van der Waals surface area contributed by atoms with Gasteiger partial charge in [-0.25, -0.2) is 0 Å². The lowest BCUT2D eigenvalue weighted by molar-refractivity contribution is -0.134. The van der Waals surface area contributed by atoms with Gasteiger partial charge < -0.3 is 4.74 Å². The minimum absolute atomic E-state index is 0.0417. The third-order valence-corrected chi connectivity index (χ3v) is 1.96. The number of rotatable bonds is 3. The molecular weight excluding hydrogens is 140 g/mol. The van der Waals surface area contributed by atoms with E-state index in [-0.39, 0.29) is 11.7 Å². The van der Waals surface area contributed by atoms with Crippen LogP contribution in [0, 0.1) is 0 Å². The van der Waals surface area contributed by atoms with Crippen molar-refractivity contribution in [1.82, 2.24) is 0 Å². The second kappa shape index (κ2) is 3.18. The predicted octanol–water partition coefficient (Wildman–Crippen LogP) is 1.22. The lowest BCUT2D eigenvalue weighted by atomic mass is 10.1. The van der Waals surface area contributed by atoms with Crippen molar-refractivity contribution in [2.45, 2.75) is 19.4 Å². The average Bonchev–Trinajstić information content (AvgIpc) is 1.86. The molecule has 0 aliphatic carbocycles. The lowest BCUT2D eigenvalue weighted by Crippen LogP contribution is -2.37. The SMILES string of the molecule is COC(C)(CCl)C(C)=O. The van der Waals surface area contributed by atoms with Gasteiger partial charge in [0.1, 0.15) is 5.60 Å². The van der Waals surface area contributed by atoms with Crippen molar-refractivity contribution in [3.63, 3.8) is 0 Å². The molecule has 3 heteroatoms. The van der Waals surface area contributed by atoms with Crippen LogP contribution < -0.4 is 0 Å². The van der Waals surface area contributed by atoms with Crippen molar-refractivity contribution in [1.29, 1.82) is 0 Å². The van der Waals surface area contributed by atoms with Crippen molar-refractivity contribution in [2.24, 2.45) is 0 Å². The zero-order valence-electron chi connectivity index (χ0n) is 5.90. The van der Waals surface area contributed by atoms with Gasteiger partial charge in [0.2, 0.25) is 0 Å². The number of hydrogen-bond donors (Lipinski definition) is 0. The van der Waals surface area contributed by atoms with Gasteiger partial charge in [0.15, 0.2) is 5.78 Å². The predicted molar refractivity (Wildman–Crippen MR) is 36.8 cm³/mol. The number of carbonyl (C=O) groups is 1. The molecule has 0 radical (unpaired) electrons. The molecule has 0 N–H and O–H groups in total. The molecule has 0 aliphatic rings. The van der Waals surface area contributed by atoms with Gasteiger partial charge in [0.25, 0.3) is 0 Å². The first kappa shape index (κ1) is 8.92. The lowest BCUT2D eigenvalue weighted by Gasteiger charge is -2.21. The van der Waals surface area contributed by atoms with Crippen molar-refractivity contribution in [3.05, 3.63) is 0 Å². The van der Waals surface area contributed by atoms with Crippen molar-refractivity contribution >= 4 is 17.4 Å². The molecule has 0 amide bonds. The summed E-state index contributed by atoms with van der Waals surface area (Å²) in [5, 5.41) is 0. The standard InChI is InChI=1S/C6H11ClO2/c1-5(8)6(2,4-7)9-3/h4H2,1-3H3. The Balaban J connectivity index is 4.09. The first-order valence-corrected chi connectivity index (χ1v) is 3.22. The van der Waals surface area contributed by atoms with Crippen LogP contribution in [-0.2, 0) is 9.53 Å². The van der Waals surface area contributed by atoms with Gasteiger partial charge in [-0.2, -0.15) is 0 Å². The minimum atomic E-state index is -0.790. The number of ether oxygens (including phenoxy) is 1. The molecule has 9 heavy (non-hydrogen) atoms. The maximum Gasteiger partial charge on any atom is 0.162 e. The first-order valence-electron chi connectivity index (χ1n) is 2.69. The van der Waals surface area contributed by atoms with Gasteiger partial charge in [0, 0.05) is 7.11 Å². The number of hydrogen-bond acceptors (Lipinski definition) is 2. The fourth-order valence-corrected chi connectivity index (χ4v) is 0.590. The molecule has 0 aromatic rings. The Morgan fingerprint density at radius 1 is 1.78 bits per heavy atom. The Bertz CT molecular complexity index is 108. The van der Waals surface area contributed by atoms with Gasteiger partial charge in [-0.1, -0.05) is 0 Å². The molecule has 2 nitrogen and oxygen atoms in total. The van der Waals surface area contributed by atoms with E-state index in [9.17, 15) is 4.79 Å². The summed E-state index contributed by atoms with van der Waals surface area (Å²) in [5.74, 6) is 0.166. The van der Waals surface area contributed by atoms with Crippen molar-refractivity contribution in [2.75, 3.05) is 13.0 Å². The van der Waals surface area contributed by atoms with E-state index >= 15 is 0 Å². The van der Waals surface area contributed by atoms with E-state index in [1.165, 1.54) is 14.0 Å². The van der Waals surface area contributed by atoms with E-state index in [0.29, 0.717) is 0 Å². The van der Waals surface area contributed by atoms with Crippen molar-refractivity contribution < 1.29 is 9.53 Å². The quantitative estimate of drug-likeness (QED) is 0.566. The molecule has 0 saturated carbocycles. The van der Waals surface area contributed by atoms with E-state index in [0.717, 1.165) is 0 Å². The highest BCUT2D eigenvalue weighted by molar-refractivity contribution is 6.20. The van der Waals surface area contributed by atoms with Gasteiger partial charge in [-0.3, -0.25) is 4.79 Å². The Morgan fingerprint density at radius 2 is 2.22 bits per heavy atom. The molecular formula is C6H11ClO2. The zero-order chi connectivity index (χ0) is 7.49. The second-order valence-corrected chi connectivity index (χ2v) is 2.39. The third-order valence-electron chi connectivity index (χ3n) is 1.45. The Morgan fingerprint density at radius 3 is 2.22 bits per heavy atom. The van der Waals surface area contributed by atoms with Crippen LogP contribution in [0.4, 0.5) is 0 Å². The maximum atomic E-state index is 10.7. The van der Waals surface area contributed by atoms with Crippen LogP contribution >= 0.6 is 11.6 Å². The smallest absolute Gasteiger partial charge is 0.162 e. The van der Waals surface area contributed by atoms with E-state index in [2.05, 4.69) is 0 Å². The van der Waals surface area contributed by atoms with E-state index in [1.54, 1.807) is 6.92 Å². The highest BCUT2D eigenvalue weighted by Gasteiger charge is 2.27. The number of carbonyl (C=O) groups excluding carboxylic acids is 1. The summed E-state index contributed by atoms with van der Waals surface area (Å²) in [6.07, 6.45) is 0. The fourth-order valence-electron chi connectivity index (χ4n) is 0.292. The molecule has 0 rings (SSSR count). The molecule has 0 aliphatic heterocycles. The average molecular weight is 151 g/mol. The Labute approximate surface area is 60.1 Å². The largest absolute Gasteiger partial charge is 0.369 e. The maximum absolute atomic E-state index is 10.7. The van der Waals surface area contributed by atoms with Gasteiger partial charge in [0.05, 0.1) is 5.88 Å². The van der Waals surface area contributed by atoms with Gasteiger partial charge >= 0.3 is 0 Å². The van der Waals surface area contributed by atoms with Crippen LogP contribution in [0.25, 0.3) is 0 Å². The molecule has 0 bridgehead atoms. The number of Topliss-reactive ketones (excluding diaryl/α,β-unsaturated/α-hetero) is 1. The fraction of sp³-hybridized carbons (Fsp3) is 0.833. The summed E-state index contributed by atoms with van der Waals surface area (Å²) in [6, 6.07) is 0. The van der Waals surface area contributed by atoms with Crippen LogP contribution in [0.3, 0.4) is 0 Å². The summed E-state index contributed by atoms with van der Waals surface area (Å²) in [7, 11) is 1.48. The summed E-state index contributed by atoms with van der Waals surface area (Å²) < 4.78 is 4.87. The van der Waals surface area contributed by atoms with E-state index in [4.69, 9.17) is 16.3 Å². The topological polar surface area (TPSA) is 26.3 Å². The molecule has 0 fully saturated rings. The van der Waals surface area contributed by atoms with Crippen molar-refractivity contribution in [3.8, 4) is 0 Å². The summed E-state index contributed by atoms with van der Waals surface area (Å²) in [4.78, 5) is 10.7. The normalized spacial score (nSPS) is 16.9. The molecule has 0 heterocycles. The van der Waals surface area contributed by atoms with Crippen LogP contribution in [0.15, 0.2) is 0 Å². The summed E-state index contributed by atoms with van der Waals surface area (Å²) in [6.45, 7) is 3.13. The summed E-state index contributed by atoms with van der Waals surface area (Å²) in [5.41, 5.74) is -0.790. The molecule has 0 saturated heterocycles. The number of alkyl halides is 1. The molecule has 0 aromatic carbocycles. The number of halogens is 1. The minimum Gasteiger partial charge on any atom is -0.369 e. The van der Waals surface area contributed by atoms with E-state index < -0.39 is 5.60 Å².